The molecule has 2 aromatic rings. The predicted octanol–water partition coefficient (Wildman–Crippen LogP) is 3.96. The number of amides is 2. The summed E-state index contributed by atoms with van der Waals surface area (Å²) in [6.45, 7) is 8.56. The molecular formula is C22H26N2O2. The second-order valence-corrected chi connectivity index (χ2v) is 7.80. The van der Waals surface area contributed by atoms with Crippen LogP contribution < -0.4 is 4.90 Å². The van der Waals surface area contributed by atoms with E-state index in [-0.39, 0.29) is 11.8 Å². The van der Waals surface area contributed by atoms with E-state index in [1.165, 1.54) is 0 Å². The number of hydrogen-bond donors (Lipinski definition) is 0. The monoisotopic (exact) mass is 350 g/mol. The van der Waals surface area contributed by atoms with E-state index in [0.717, 1.165) is 16.8 Å². The number of carbonyl (C=O) groups is 2. The highest BCUT2D eigenvalue weighted by Gasteiger charge is 2.39. The average Bonchev–Trinajstić information content (AvgIpc) is 2.63. The van der Waals surface area contributed by atoms with Crippen molar-refractivity contribution >= 4 is 17.5 Å². The first-order chi connectivity index (χ1) is 12.3. The van der Waals surface area contributed by atoms with Crippen molar-refractivity contribution in [1.29, 1.82) is 0 Å². The summed E-state index contributed by atoms with van der Waals surface area (Å²) >= 11 is 0. The van der Waals surface area contributed by atoms with Crippen LogP contribution in [0.5, 0.6) is 0 Å². The predicted molar refractivity (Wildman–Crippen MR) is 105 cm³/mol. The molecule has 0 aromatic heterocycles. The first-order valence-corrected chi connectivity index (χ1v) is 9.07. The summed E-state index contributed by atoms with van der Waals surface area (Å²) in [5.41, 5.74) is 2.53. The molecule has 0 radical (unpaired) electrons. The Morgan fingerprint density at radius 1 is 0.962 bits per heavy atom. The molecule has 4 nitrogen and oxygen atoms in total. The van der Waals surface area contributed by atoms with Gasteiger partial charge in [0.05, 0.1) is 5.69 Å². The van der Waals surface area contributed by atoms with Gasteiger partial charge in [0.2, 0.25) is 11.8 Å². The van der Waals surface area contributed by atoms with Crippen LogP contribution in [0, 0.1) is 5.41 Å². The zero-order valence-corrected chi connectivity index (χ0v) is 15.9. The van der Waals surface area contributed by atoms with Crippen LogP contribution in [0.3, 0.4) is 0 Å². The normalized spacial score (nSPS) is 18.2. The Balaban J connectivity index is 1.92. The zero-order valence-electron chi connectivity index (χ0n) is 15.9. The van der Waals surface area contributed by atoms with Crippen molar-refractivity contribution in [3.8, 4) is 11.1 Å². The lowest BCUT2D eigenvalue weighted by atomic mass is 9.93. The molecule has 0 aliphatic carbocycles. The second-order valence-electron chi connectivity index (χ2n) is 7.80. The summed E-state index contributed by atoms with van der Waals surface area (Å²) < 4.78 is 0. The highest BCUT2D eigenvalue weighted by atomic mass is 16.2. The smallest absolute Gasteiger partial charge is 0.249 e. The van der Waals surface area contributed by atoms with Gasteiger partial charge >= 0.3 is 0 Å². The number of piperazine rings is 1. The van der Waals surface area contributed by atoms with Gasteiger partial charge in [0, 0.05) is 24.1 Å². The van der Waals surface area contributed by atoms with Crippen LogP contribution in [-0.2, 0) is 9.59 Å². The zero-order chi connectivity index (χ0) is 18.9. The van der Waals surface area contributed by atoms with Crippen molar-refractivity contribution in [1.82, 2.24) is 4.90 Å². The van der Waals surface area contributed by atoms with Crippen LogP contribution in [0.1, 0.15) is 27.7 Å². The van der Waals surface area contributed by atoms with E-state index in [1.54, 1.807) is 4.90 Å². The van der Waals surface area contributed by atoms with Crippen LogP contribution in [0.15, 0.2) is 54.6 Å². The van der Waals surface area contributed by atoms with Crippen LogP contribution in [0.2, 0.25) is 0 Å². The van der Waals surface area contributed by atoms with Crippen molar-refractivity contribution in [3.63, 3.8) is 0 Å². The van der Waals surface area contributed by atoms with E-state index in [2.05, 4.69) is 0 Å². The summed E-state index contributed by atoms with van der Waals surface area (Å²) in [6, 6.07) is 17.6. The number of hydrogen-bond acceptors (Lipinski definition) is 2. The lowest BCUT2D eigenvalue weighted by Gasteiger charge is -2.42. The quantitative estimate of drug-likeness (QED) is 0.822. The first kappa shape index (κ1) is 18.2. The Bertz CT molecular complexity index is 808. The Kier molecular flexibility index (Phi) is 4.86. The number of nitrogens with zero attached hydrogens (tertiary/aromatic N) is 2. The maximum absolute atomic E-state index is 13.1. The summed E-state index contributed by atoms with van der Waals surface area (Å²) in [5, 5.41) is 0. The van der Waals surface area contributed by atoms with Crippen LogP contribution >= 0.6 is 0 Å². The van der Waals surface area contributed by atoms with Crippen molar-refractivity contribution in [3.05, 3.63) is 54.6 Å². The van der Waals surface area contributed by atoms with Gasteiger partial charge < -0.3 is 9.80 Å². The highest BCUT2D eigenvalue weighted by molar-refractivity contribution is 6.03. The molecule has 1 saturated heterocycles. The van der Waals surface area contributed by atoms with Crippen molar-refractivity contribution < 1.29 is 9.59 Å². The van der Waals surface area contributed by atoms with E-state index >= 15 is 0 Å². The van der Waals surface area contributed by atoms with Gasteiger partial charge in [0.15, 0.2) is 0 Å². The standard InChI is InChI=1S/C22H26N2O2/c1-16-20(25)24(15-14-23(16)21(26)22(2,3)4)19-13-9-8-12-18(19)17-10-6-5-7-11-17/h5-13,16H,14-15H2,1-4H3. The minimum atomic E-state index is -0.487. The Hall–Kier alpha value is -2.62. The number of benzene rings is 2. The molecular weight excluding hydrogens is 324 g/mol. The molecule has 0 bridgehead atoms. The molecule has 1 aliphatic heterocycles. The summed E-state index contributed by atoms with van der Waals surface area (Å²) in [4.78, 5) is 29.3. The van der Waals surface area contributed by atoms with Gasteiger partial charge in [-0.2, -0.15) is 0 Å². The molecule has 0 N–H and O–H groups in total. The number of carbonyl (C=O) groups excluding carboxylic acids is 2. The van der Waals surface area contributed by atoms with Gasteiger partial charge in [-0.25, -0.2) is 0 Å². The Labute approximate surface area is 155 Å². The SMILES string of the molecule is CC1C(=O)N(c2ccccc2-c2ccccc2)CCN1C(=O)C(C)(C)C. The van der Waals surface area contributed by atoms with Crippen LogP contribution in [-0.4, -0.2) is 35.8 Å². The van der Waals surface area contributed by atoms with Gasteiger partial charge in [0.25, 0.3) is 0 Å². The number of anilines is 1. The molecule has 4 heteroatoms. The third-order valence-electron chi connectivity index (χ3n) is 4.84. The largest absolute Gasteiger partial charge is 0.329 e. The molecule has 0 spiro atoms. The second kappa shape index (κ2) is 6.94. The van der Waals surface area contributed by atoms with E-state index in [1.807, 2.05) is 87.2 Å². The summed E-state index contributed by atoms with van der Waals surface area (Å²) in [7, 11) is 0. The molecule has 2 aromatic carbocycles. The highest BCUT2D eigenvalue weighted by Crippen LogP contribution is 2.33. The summed E-state index contributed by atoms with van der Waals surface area (Å²) in [5.74, 6) is -0.00780. The van der Waals surface area contributed by atoms with Crippen molar-refractivity contribution in [2.24, 2.45) is 5.41 Å². The fraction of sp³-hybridized carbons (Fsp3) is 0.364. The lowest BCUT2D eigenvalue weighted by molar-refractivity contribution is -0.147. The van der Waals surface area contributed by atoms with E-state index in [0.29, 0.717) is 13.1 Å². The molecule has 1 unspecified atom stereocenters. The van der Waals surface area contributed by atoms with Gasteiger partial charge in [-0.15, -0.1) is 0 Å². The summed E-state index contributed by atoms with van der Waals surface area (Å²) in [6.07, 6.45) is 0. The minimum Gasteiger partial charge on any atom is -0.329 e. The maximum atomic E-state index is 13.1. The number of rotatable bonds is 2. The Morgan fingerprint density at radius 3 is 2.23 bits per heavy atom. The molecule has 2 amide bonds. The number of para-hydroxylation sites is 1. The third kappa shape index (κ3) is 3.36. The van der Waals surface area contributed by atoms with Crippen LogP contribution in [0.4, 0.5) is 5.69 Å². The fourth-order valence-electron chi connectivity index (χ4n) is 3.39. The minimum absolute atomic E-state index is 0.0225. The first-order valence-electron chi connectivity index (χ1n) is 9.07. The van der Waals surface area contributed by atoms with Crippen molar-refractivity contribution in [2.75, 3.05) is 18.0 Å². The average molecular weight is 350 g/mol. The lowest BCUT2D eigenvalue weighted by Crippen LogP contribution is -2.59. The molecule has 3 rings (SSSR count). The topological polar surface area (TPSA) is 40.6 Å². The molecule has 1 heterocycles. The molecule has 26 heavy (non-hydrogen) atoms. The van der Waals surface area contributed by atoms with Gasteiger partial charge in [-0.3, -0.25) is 9.59 Å². The van der Waals surface area contributed by atoms with E-state index in [4.69, 9.17) is 0 Å². The van der Waals surface area contributed by atoms with Crippen LogP contribution in [0.25, 0.3) is 11.1 Å². The molecule has 1 aliphatic rings. The molecule has 0 saturated carbocycles. The van der Waals surface area contributed by atoms with E-state index in [9.17, 15) is 9.59 Å². The molecule has 1 atom stereocenters. The van der Waals surface area contributed by atoms with Gasteiger partial charge in [0.1, 0.15) is 6.04 Å². The van der Waals surface area contributed by atoms with Gasteiger partial charge in [-0.1, -0.05) is 69.3 Å². The van der Waals surface area contributed by atoms with E-state index < -0.39 is 11.5 Å². The fourth-order valence-corrected chi connectivity index (χ4v) is 3.39. The molecule has 1 fully saturated rings. The van der Waals surface area contributed by atoms with Crippen molar-refractivity contribution in [2.45, 2.75) is 33.7 Å². The third-order valence-corrected chi connectivity index (χ3v) is 4.84. The van der Waals surface area contributed by atoms with Gasteiger partial charge in [-0.05, 0) is 18.6 Å². The Morgan fingerprint density at radius 2 is 1.58 bits per heavy atom. The maximum Gasteiger partial charge on any atom is 0.249 e. The molecule has 136 valence electrons.